The molecule has 0 unspecified atom stereocenters. The Labute approximate surface area is 146 Å². The summed E-state index contributed by atoms with van der Waals surface area (Å²) in [6.07, 6.45) is 1.73. The van der Waals surface area contributed by atoms with E-state index in [4.69, 9.17) is 0 Å². The zero-order valence-electron chi connectivity index (χ0n) is 14.1. The minimum Gasteiger partial charge on any atom is -0.366 e. The highest BCUT2D eigenvalue weighted by Crippen LogP contribution is 2.24. The lowest BCUT2D eigenvalue weighted by Crippen LogP contribution is -2.47. The molecule has 9 heteroatoms. The van der Waals surface area contributed by atoms with Crippen LogP contribution >= 0.6 is 0 Å². The van der Waals surface area contributed by atoms with Crippen LogP contribution in [-0.4, -0.2) is 51.6 Å². The number of rotatable bonds is 4. The molecule has 2 heterocycles. The molecule has 3 rings (SSSR count). The van der Waals surface area contributed by atoms with Gasteiger partial charge in [-0.05, 0) is 38.2 Å². The second-order valence-corrected chi connectivity index (χ2v) is 7.64. The van der Waals surface area contributed by atoms with Crippen molar-refractivity contribution in [2.45, 2.75) is 11.8 Å². The number of piperazine rings is 1. The normalized spacial score (nSPS) is 15.5. The molecule has 1 saturated heterocycles. The third-order valence-corrected chi connectivity index (χ3v) is 5.62. The van der Waals surface area contributed by atoms with Crippen LogP contribution in [0.2, 0.25) is 0 Å². The molecule has 1 fully saturated rings. The lowest BCUT2D eigenvalue weighted by molar-refractivity contribution is 0.578. The van der Waals surface area contributed by atoms with Gasteiger partial charge in [0.2, 0.25) is 10.0 Å². The van der Waals surface area contributed by atoms with Crippen molar-refractivity contribution in [1.29, 1.82) is 0 Å². The number of benzene rings is 1. The molecule has 0 atom stereocenters. The first-order valence-electron chi connectivity index (χ1n) is 7.93. The highest BCUT2D eigenvalue weighted by molar-refractivity contribution is 7.89. The Bertz CT molecular complexity index is 867. The number of sulfonamides is 1. The van der Waals surface area contributed by atoms with Crippen LogP contribution in [0, 0.1) is 12.7 Å². The zero-order valence-corrected chi connectivity index (χ0v) is 14.9. The molecule has 1 aromatic heterocycles. The largest absolute Gasteiger partial charge is 0.366 e. The summed E-state index contributed by atoms with van der Waals surface area (Å²) in [5.74, 6) is 1.04. The average Bonchev–Trinajstić information content (AvgIpc) is 2.62. The number of aromatic nitrogens is 2. The summed E-state index contributed by atoms with van der Waals surface area (Å²) in [6.45, 7) is 4.49. The molecule has 1 aromatic carbocycles. The van der Waals surface area contributed by atoms with Gasteiger partial charge < -0.3 is 9.80 Å². The van der Waals surface area contributed by atoms with E-state index >= 15 is 0 Å². The van der Waals surface area contributed by atoms with Gasteiger partial charge in [0.05, 0.1) is 10.6 Å². The summed E-state index contributed by atoms with van der Waals surface area (Å²) in [7, 11) is -2.35. The molecular formula is C16H20FN5O2S. The van der Waals surface area contributed by atoms with E-state index < -0.39 is 15.8 Å². The first-order valence-corrected chi connectivity index (χ1v) is 9.41. The Morgan fingerprint density at radius 1 is 1.12 bits per heavy atom. The lowest BCUT2D eigenvalue weighted by atomic mass is 10.2. The van der Waals surface area contributed by atoms with E-state index in [1.807, 2.05) is 17.9 Å². The summed E-state index contributed by atoms with van der Waals surface area (Å²) in [5, 5.41) is 0. The second-order valence-electron chi connectivity index (χ2n) is 5.76. The van der Waals surface area contributed by atoms with E-state index in [1.165, 1.54) is 19.2 Å². The van der Waals surface area contributed by atoms with Crippen LogP contribution in [0.25, 0.3) is 0 Å². The maximum Gasteiger partial charge on any atom is 0.240 e. The number of halogens is 1. The van der Waals surface area contributed by atoms with Crippen LogP contribution in [0.1, 0.15) is 5.82 Å². The van der Waals surface area contributed by atoms with Crippen LogP contribution in [0.3, 0.4) is 0 Å². The van der Waals surface area contributed by atoms with Crippen molar-refractivity contribution >= 4 is 21.5 Å². The van der Waals surface area contributed by atoms with E-state index in [2.05, 4.69) is 19.6 Å². The number of anilines is 2. The summed E-state index contributed by atoms with van der Waals surface area (Å²) >= 11 is 0. The Kier molecular flexibility index (Phi) is 4.87. The van der Waals surface area contributed by atoms with Gasteiger partial charge in [-0.3, -0.25) is 0 Å². The Morgan fingerprint density at radius 3 is 2.40 bits per heavy atom. The van der Waals surface area contributed by atoms with Crippen molar-refractivity contribution in [3.05, 3.63) is 42.1 Å². The third-order valence-electron chi connectivity index (χ3n) is 4.20. The summed E-state index contributed by atoms with van der Waals surface area (Å²) in [5.41, 5.74) is 0.411. The van der Waals surface area contributed by atoms with E-state index in [1.54, 1.807) is 6.20 Å². The fourth-order valence-corrected chi connectivity index (χ4v) is 3.57. The van der Waals surface area contributed by atoms with Crippen LogP contribution in [0.15, 0.2) is 35.4 Å². The van der Waals surface area contributed by atoms with Gasteiger partial charge >= 0.3 is 0 Å². The molecule has 7 nitrogen and oxygen atoms in total. The van der Waals surface area contributed by atoms with Gasteiger partial charge in [-0.1, -0.05) is 0 Å². The molecule has 134 valence electrons. The molecule has 1 aliphatic heterocycles. The topological polar surface area (TPSA) is 78.4 Å². The molecule has 0 amide bonds. The molecule has 2 aromatic rings. The van der Waals surface area contributed by atoms with Gasteiger partial charge in [-0.25, -0.2) is 27.5 Å². The van der Waals surface area contributed by atoms with Crippen LogP contribution in [0.4, 0.5) is 15.9 Å². The number of hydrogen-bond donors (Lipinski definition) is 1. The van der Waals surface area contributed by atoms with E-state index in [-0.39, 0.29) is 4.90 Å². The Balaban J connectivity index is 1.73. The van der Waals surface area contributed by atoms with Crippen molar-refractivity contribution in [3.63, 3.8) is 0 Å². The molecule has 25 heavy (non-hydrogen) atoms. The molecular weight excluding hydrogens is 345 g/mol. The molecule has 0 spiro atoms. The molecule has 0 aliphatic carbocycles. The third kappa shape index (κ3) is 3.72. The fourth-order valence-electron chi connectivity index (χ4n) is 2.83. The van der Waals surface area contributed by atoms with Crippen molar-refractivity contribution in [2.24, 2.45) is 0 Å². The van der Waals surface area contributed by atoms with Crippen molar-refractivity contribution in [2.75, 3.05) is 43.0 Å². The minimum absolute atomic E-state index is 0.0775. The van der Waals surface area contributed by atoms with E-state index in [0.29, 0.717) is 37.7 Å². The van der Waals surface area contributed by atoms with Crippen molar-refractivity contribution in [3.8, 4) is 0 Å². The number of nitrogens with one attached hydrogen (secondary N) is 1. The summed E-state index contributed by atoms with van der Waals surface area (Å²) in [6, 6.07) is 5.86. The van der Waals surface area contributed by atoms with Crippen molar-refractivity contribution in [1.82, 2.24) is 14.7 Å². The lowest BCUT2D eigenvalue weighted by Gasteiger charge is -2.36. The molecule has 0 radical (unpaired) electrons. The van der Waals surface area contributed by atoms with E-state index in [9.17, 15) is 12.8 Å². The van der Waals surface area contributed by atoms with Gasteiger partial charge in [0, 0.05) is 32.4 Å². The molecule has 1 aliphatic rings. The average molecular weight is 365 g/mol. The maximum absolute atomic E-state index is 14.4. The van der Waals surface area contributed by atoms with Gasteiger partial charge in [0.1, 0.15) is 17.5 Å². The van der Waals surface area contributed by atoms with Crippen LogP contribution in [-0.2, 0) is 10.0 Å². The van der Waals surface area contributed by atoms with E-state index in [0.717, 1.165) is 11.9 Å². The predicted octanol–water partition coefficient (Wildman–Crippen LogP) is 1.16. The summed E-state index contributed by atoms with van der Waals surface area (Å²) in [4.78, 5) is 12.5. The predicted molar refractivity (Wildman–Crippen MR) is 93.8 cm³/mol. The van der Waals surface area contributed by atoms with Crippen molar-refractivity contribution < 1.29 is 12.8 Å². The Hall–Kier alpha value is -2.26. The molecule has 1 N–H and O–H groups in total. The van der Waals surface area contributed by atoms with Gasteiger partial charge in [0.25, 0.3) is 0 Å². The number of hydrogen-bond acceptors (Lipinski definition) is 6. The number of aryl methyl sites for hydroxylation is 1. The van der Waals surface area contributed by atoms with Gasteiger partial charge in [-0.2, -0.15) is 0 Å². The molecule has 0 saturated carbocycles. The smallest absolute Gasteiger partial charge is 0.240 e. The SMILES string of the molecule is CNS(=O)(=O)c1ccc(N2CCN(c3ccnc(C)n3)CC2)c(F)c1. The minimum atomic E-state index is -3.65. The highest BCUT2D eigenvalue weighted by atomic mass is 32.2. The Morgan fingerprint density at radius 2 is 1.80 bits per heavy atom. The van der Waals surface area contributed by atoms with Gasteiger partial charge in [-0.15, -0.1) is 0 Å². The second kappa shape index (κ2) is 6.93. The van der Waals surface area contributed by atoms with Crippen LogP contribution in [0.5, 0.6) is 0 Å². The summed E-state index contributed by atoms with van der Waals surface area (Å²) < 4.78 is 40.1. The number of nitrogens with zero attached hydrogens (tertiary/aromatic N) is 4. The fraction of sp³-hybridized carbons (Fsp3) is 0.375. The zero-order chi connectivity index (χ0) is 18.0. The first-order chi connectivity index (χ1) is 11.9. The van der Waals surface area contributed by atoms with Gasteiger partial charge in [0.15, 0.2) is 0 Å². The monoisotopic (exact) mass is 365 g/mol. The standard InChI is InChI=1S/C16H20FN5O2S/c1-12-19-6-5-16(20-12)22-9-7-21(8-10-22)15-4-3-13(11-14(15)17)25(23,24)18-2/h3-6,11,18H,7-10H2,1-2H3. The molecule has 0 bridgehead atoms. The van der Waals surface area contributed by atoms with Crippen LogP contribution < -0.4 is 14.5 Å². The maximum atomic E-state index is 14.4. The highest BCUT2D eigenvalue weighted by Gasteiger charge is 2.22. The quantitative estimate of drug-likeness (QED) is 0.876. The first kappa shape index (κ1) is 17.6.